The summed E-state index contributed by atoms with van der Waals surface area (Å²) >= 11 is 0. The third kappa shape index (κ3) is 28.0. The number of phosphoric acid groups is 1. The average Bonchev–Trinajstić information content (AvgIpc) is 4.06. The van der Waals surface area contributed by atoms with Gasteiger partial charge in [0.2, 0.25) is 0 Å². The molecule has 1 saturated carbocycles. The summed E-state index contributed by atoms with van der Waals surface area (Å²) in [7, 11) is -5.16. The fraction of sp³-hybridized carbons (Fsp3) is 0.608. The van der Waals surface area contributed by atoms with E-state index in [1.54, 1.807) is 0 Å². The van der Waals surface area contributed by atoms with Crippen LogP contribution in [0.15, 0.2) is 109 Å². The van der Waals surface area contributed by atoms with Crippen LogP contribution in [-0.4, -0.2) is 111 Å². The number of phosphoric ester groups is 1. The summed E-state index contributed by atoms with van der Waals surface area (Å²) in [6, 6.07) is 0. The predicted molar refractivity (Wildman–Crippen MR) is 257 cm³/mol. The van der Waals surface area contributed by atoms with Gasteiger partial charge in [-0.2, -0.15) is 0 Å². The van der Waals surface area contributed by atoms with Gasteiger partial charge in [0.05, 0.1) is 18.8 Å². The van der Waals surface area contributed by atoms with E-state index in [4.69, 9.17) is 23.3 Å². The molecule has 15 heteroatoms. The van der Waals surface area contributed by atoms with Crippen molar-refractivity contribution in [2.75, 3.05) is 13.2 Å². The molecule has 10 atom stereocenters. The van der Waals surface area contributed by atoms with E-state index >= 15 is 0 Å². The number of epoxide rings is 1. The normalized spacial score (nSPS) is 25.3. The fourth-order valence-corrected chi connectivity index (χ4v) is 7.61. The molecule has 2 rings (SSSR count). The zero-order chi connectivity index (χ0) is 48.3. The summed E-state index contributed by atoms with van der Waals surface area (Å²) in [6.07, 6.45) is 39.0. The second kappa shape index (κ2) is 36.5. The largest absolute Gasteiger partial charge is 0.472 e. The van der Waals surface area contributed by atoms with Crippen LogP contribution in [0.3, 0.4) is 0 Å². The van der Waals surface area contributed by atoms with Gasteiger partial charge in [-0.15, -0.1) is 0 Å². The van der Waals surface area contributed by atoms with Crippen LogP contribution in [0.2, 0.25) is 0 Å². The molecule has 1 saturated heterocycles. The molecule has 0 bridgehead atoms. The van der Waals surface area contributed by atoms with Crippen molar-refractivity contribution in [3.8, 4) is 0 Å². The van der Waals surface area contributed by atoms with E-state index in [0.717, 1.165) is 83.5 Å². The van der Waals surface area contributed by atoms with E-state index in [1.165, 1.54) is 0 Å². The molecule has 2 fully saturated rings. The van der Waals surface area contributed by atoms with Crippen molar-refractivity contribution in [2.24, 2.45) is 0 Å². The van der Waals surface area contributed by atoms with Crippen LogP contribution < -0.4 is 0 Å². The zero-order valence-electron chi connectivity index (χ0n) is 39.1. The number of carbonyl (C=O) groups is 2. The molecule has 0 amide bonds. The van der Waals surface area contributed by atoms with Gasteiger partial charge in [0.1, 0.15) is 43.2 Å². The van der Waals surface area contributed by atoms with Crippen LogP contribution in [0, 0.1) is 0 Å². The molecule has 6 N–H and O–H groups in total. The lowest BCUT2D eigenvalue weighted by Gasteiger charge is -2.41. The van der Waals surface area contributed by atoms with Crippen molar-refractivity contribution >= 4 is 19.8 Å². The molecule has 14 nitrogen and oxygen atoms in total. The number of carbonyl (C=O) groups excluding carboxylic acids is 2. The van der Waals surface area contributed by atoms with Gasteiger partial charge in [-0.25, -0.2) is 4.57 Å². The van der Waals surface area contributed by atoms with Crippen molar-refractivity contribution < 1.29 is 67.8 Å². The zero-order valence-corrected chi connectivity index (χ0v) is 40.0. The van der Waals surface area contributed by atoms with Crippen LogP contribution in [0.1, 0.15) is 129 Å². The SMILES string of the molecule is CC/C=C\C/C=C\C/C=C\C/C=C\CCCCCCC(=O)O[C@H](COC(=O)CC/C=C\C/C=C\C/C=C\C/C=C\CC1OC1C/C=C\CC)COP(=O)(O)OC1[C@H](O)[C@H](O)C(O)[C@H](O)[C@H]1O. The highest BCUT2D eigenvalue weighted by molar-refractivity contribution is 7.47. The highest BCUT2D eigenvalue weighted by Gasteiger charge is 2.51. The second-order valence-corrected chi connectivity index (χ2v) is 17.6. The van der Waals surface area contributed by atoms with Crippen molar-refractivity contribution in [2.45, 2.75) is 184 Å². The Kier molecular flexibility index (Phi) is 32.4. The number of aliphatic hydroxyl groups excluding tert-OH is 5. The number of ether oxygens (including phenoxy) is 3. The first kappa shape index (κ1) is 58.6. The van der Waals surface area contributed by atoms with Gasteiger partial charge in [-0.05, 0) is 89.9 Å². The molecule has 2 aliphatic rings. The van der Waals surface area contributed by atoms with E-state index in [-0.39, 0.29) is 12.8 Å². The molecular weight excluding hydrogens is 868 g/mol. The minimum Gasteiger partial charge on any atom is -0.462 e. The van der Waals surface area contributed by atoms with Gasteiger partial charge in [0.15, 0.2) is 6.10 Å². The summed E-state index contributed by atoms with van der Waals surface area (Å²) in [5, 5.41) is 50.2. The Labute approximate surface area is 393 Å². The van der Waals surface area contributed by atoms with E-state index in [1.807, 2.05) is 18.2 Å². The molecule has 5 unspecified atom stereocenters. The van der Waals surface area contributed by atoms with Crippen molar-refractivity contribution in [1.29, 1.82) is 0 Å². The quantitative estimate of drug-likeness (QED) is 0.0114. The lowest BCUT2D eigenvalue weighted by molar-refractivity contribution is -0.220. The van der Waals surface area contributed by atoms with E-state index in [2.05, 4.69) is 105 Å². The van der Waals surface area contributed by atoms with Crippen molar-refractivity contribution in [1.82, 2.24) is 0 Å². The van der Waals surface area contributed by atoms with Gasteiger partial charge in [0.25, 0.3) is 0 Å². The summed E-state index contributed by atoms with van der Waals surface area (Å²) in [5.74, 6) is -1.24. The highest BCUT2D eigenvalue weighted by atomic mass is 31.2. The van der Waals surface area contributed by atoms with Gasteiger partial charge < -0.3 is 44.6 Å². The maximum absolute atomic E-state index is 12.8. The molecule has 0 radical (unpaired) electrons. The third-order valence-corrected chi connectivity index (χ3v) is 11.5. The highest BCUT2D eigenvalue weighted by Crippen LogP contribution is 2.47. The Hall–Kier alpha value is -3.53. The molecule has 1 aliphatic carbocycles. The Morgan fingerprint density at radius 2 is 0.970 bits per heavy atom. The fourth-order valence-electron chi connectivity index (χ4n) is 6.64. The second-order valence-electron chi connectivity index (χ2n) is 16.2. The number of rotatable bonds is 36. The molecule has 372 valence electrons. The number of aliphatic hydroxyl groups is 5. The van der Waals surface area contributed by atoms with Crippen LogP contribution in [0.5, 0.6) is 0 Å². The molecule has 1 heterocycles. The molecule has 66 heavy (non-hydrogen) atoms. The smallest absolute Gasteiger partial charge is 0.462 e. The summed E-state index contributed by atoms with van der Waals surface area (Å²) in [5.41, 5.74) is 0. The van der Waals surface area contributed by atoms with E-state index in [9.17, 15) is 44.6 Å². The molecular formula is C51H79O14P. The molecule has 1 aliphatic heterocycles. The topological polar surface area (TPSA) is 222 Å². The number of hydrogen-bond acceptors (Lipinski definition) is 13. The third-order valence-electron chi connectivity index (χ3n) is 10.5. The van der Waals surface area contributed by atoms with E-state index < -0.39 is 75.7 Å². The maximum atomic E-state index is 12.8. The first-order valence-corrected chi connectivity index (χ1v) is 25.3. The minimum absolute atomic E-state index is 0.0257. The maximum Gasteiger partial charge on any atom is 0.472 e. The van der Waals surface area contributed by atoms with Gasteiger partial charge in [-0.1, -0.05) is 136 Å². The predicted octanol–water partition coefficient (Wildman–Crippen LogP) is 8.60. The van der Waals surface area contributed by atoms with Crippen LogP contribution >= 0.6 is 7.82 Å². The number of allylic oxidation sites excluding steroid dienone is 16. The van der Waals surface area contributed by atoms with Gasteiger partial charge in [-0.3, -0.25) is 18.6 Å². The summed E-state index contributed by atoms with van der Waals surface area (Å²) in [6.45, 7) is 2.97. The number of unbranched alkanes of at least 4 members (excludes halogenated alkanes) is 4. The lowest BCUT2D eigenvalue weighted by Crippen LogP contribution is -2.64. The van der Waals surface area contributed by atoms with Crippen LogP contribution in [0.25, 0.3) is 0 Å². The van der Waals surface area contributed by atoms with Crippen LogP contribution in [-0.2, 0) is 37.4 Å². The van der Waals surface area contributed by atoms with Gasteiger partial charge >= 0.3 is 19.8 Å². The minimum atomic E-state index is -5.16. The first-order valence-electron chi connectivity index (χ1n) is 23.8. The standard InChI is InChI=1S/C51H79O14P/c1-3-5-7-8-9-10-11-12-13-14-15-16-21-24-27-30-34-38-45(53)63-41(40-62-66(59,60)65-51-49(57)47(55)46(54)48(56)50(51)58)39-61-44(52)37-33-29-26-23-20-18-17-19-22-25-28-32-36-43-42(64-43)35-31-6-4-2/h5-7,9-10,12-13,15-16,18-20,22,26,28-29,31-32,41-43,46-51,54-58H,3-4,8,11,14,17,21,23-25,27,30,33-40H2,1-2H3,(H,59,60)/b7-5-,10-9-,13-12-,16-15-,20-18-,22-19-,29-26-,31-6-,32-28-/t41-,42?,43?,46?,47-,48+,49-,50-,51?/m1/s1. The monoisotopic (exact) mass is 947 g/mol. The Bertz CT molecular complexity index is 1630. The Morgan fingerprint density at radius 3 is 1.52 bits per heavy atom. The molecule has 0 aromatic rings. The first-order chi connectivity index (χ1) is 31.9. The Balaban J connectivity index is 1.74. The van der Waals surface area contributed by atoms with E-state index in [0.29, 0.717) is 31.5 Å². The lowest BCUT2D eigenvalue weighted by atomic mass is 9.85. The van der Waals surface area contributed by atoms with Crippen molar-refractivity contribution in [3.63, 3.8) is 0 Å². The summed E-state index contributed by atoms with van der Waals surface area (Å²) in [4.78, 5) is 35.7. The Morgan fingerprint density at radius 1 is 0.530 bits per heavy atom. The van der Waals surface area contributed by atoms with Gasteiger partial charge in [0, 0.05) is 12.8 Å². The summed E-state index contributed by atoms with van der Waals surface area (Å²) < 4.78 is 39.1. The average molecular weight is 947 g/mol. The number of esters is 2. The molecule has 0 spiro atoms. The van der Waals surface area contributed by atoms with Crippen molar-refractivity contribution in [3.05, 3.63) is 109 Å². The van der Waals surface area contributed by atoms with Crippen LogP contribution in [0.4, 0.5) is 0 Å². The number of hydrogen-bond donors (Lipinski definition) is 6. The molecule has 0 aromatic heterocycles. The molecule has 0 aromatic carbocycles.